The van der Waals surface area contributed by atoms with Crippen LogP contribution in [-0.2, 0) is 6.54 Å². The van der Waals surface area contributed by atoms with E-state index in [9.17, 15) is 4.79 Å². The lowest BCUT2D eigenvalue weighted by atomic mass is 10.2. The number of carbonyl (C=O) groups is 1. The van der Waals surface area contributed by atoms with Crippen LogP contribution in [0.15, 0.2) is 63.8 Å². The maximum Gasteiger partial charge on any atom is 0.273 e. The number of nitrogens with zero attached hydrogens (tertiary/aromatic N) is 3. The van der Waals surface area contributed by atoms with Crippen LogP contribution in [0.1, 0.15) is 35.9 Å². The van der Waals surface area contributed by atoms with Crippen molar-refractivity contribution in [2.75, 3.05) is 5.32 Å². The number of benzene rings is 1. The van der Waals surface area contributed by atoms with Crippen LogP contribution in [0, 0.1) is 0 Å². The van der Waals surface area contributed by atoms with Gasteiger partial charge in [0.25, 0.3) is 5.91 Å². The molecular weight excluding hydrogens is 408 g/mol. The van der Waals surface area contributed by atoms with Crippen molar-refractivity contribution in [2.24, 2.45) is 0 Å². The number of fused-ring (bicyclic) bond motifs is 1. The number of halogens is 1. The Balaban J connectivity index is 1.72. The van der Waals surface area contributed by atoms with Gasteiger partial charge in [-0.2, -0.15) is 5.10 Å². The molecule has 0 radical (unpaired) electrons. The summed E-state index contributed by atoms with van der Waals surface area (Å²) in [5.74, 6) is 0.469. The molecule has 1 N–H and O–H groups in total. The first kappa shape index (κ1) is 17.6. The molecule has 0 fully saturated rings. The van der Waals surface area contributed by atoms with Crippen molar-refractivity contribution in [1.82, 2.24) is 14.3 Å². The Morgan fingerprint density at radius 3 is 2.74 bits per heavy atom. The zero-order valence-corrected chi connectivity index (χ0v) is 16.6. The van der Waals surface area contributed by atoms with Crippen LogP contribution < -0.4 is 5.32 Å². The average molecular weight is 427 g/mol. The molecule has 0 aliphatic heterocycles. The lowest BCUT2D eigenvalue weighted by molar-refractivity contribution is 0.101. The highest BCUT2D eigenvalue weighted by Gasteiger charge is 2.20. The topological polar surface area (TPSA) is 65.0 Å². The lowest BCUT2D eigenvalue weighted by Crippen LogP contribution is -2.20. The van der Waals surface area contributed by atoms with Gasteiger partial charge in [0, 0.05) is 30.8 Å². The van der Waals surface area contributed by atoms with Crippen LogP contribution >= 0.6 is 15.9 Å². The van der Waals surface area contributed by atoms with Crippen molar-refractivity contribution in [3.05, 3.63) is 70.7 Å². The molecule has 1 aromatic carbocycles. The molecule has 1 amide bonds. The highest BCUT2D eigenvalue weighted by molar-refractivity contribution is 9.10. The van der Waals surface area contributed by atoms with Gasteiger partial charge in [0.2, 0.25) is 0 Å². The van der Waals surface area contributed by atoms with Crippen LogP contribution in [0.5, 0.6) is 0 Å². The summed E-state index contributed by atoms with van der Waals surface area (Å²) in [5, 5.41) is 7.23. The van der Waals surface area contributed by atoms with E-state index in [4.69, 9.17) is 4.42 Å². The Morgan fingerprint density at radius 2 is 2.00 bits per heavy atom. The van der Waals surface area contributed by atoms with E-state index < -0.39 is 0 Å². The molecule has 3 aromatic heterocycles. The smallest absolute Gasteiger partial charge is 0.273 e. The zero-order chi connectivity index (χ0) is 19.0. The van der Waals surface area contributed by atoms with Crippen LogP contribution in [-0.4, -0.2) is 20.3 Å². The molecular formula is C20H19BrN4O2. The number of furan rings is 1. The molecule has 138 valence electrons. The Hall–Kier alpha value is -2.80. The standard InChI is InChI=1S/C20H19BrN4O2/c1-13(2)25-19(8-9-22-25)23-20(26)16-10-17-15(11-18(21)27-17)24(16)12-14-6-4-3-5-7-14/h3-11,13H,12H2,1-2H3,(H,23,26). The third kappa shape index (κ3) is 3.42. The predicted octanol–water partition coefficient (Wildman–Crippen LogP) is 5.07. The maximum absolute atomic E-state index is 13.0. The SMILES string of the molecule is CC(C)n1nccc1NC(=O)c1cc2oc(Br)cc2n1Cc1ccccc1. The Bertz CT molecular complexity index is 1090. The normalized spacial score (nSPS) is 11.4. The molecule has 0 bridgehead atoms. The van der Waals surface area contributed by atoms with E-state index >= 15 is 0 Å². The molecule has 0 aliphatic carbocycles. The molecule has 0 aliphatic rings. The number of nitrogens with one attached hydrogen (secondary N) is 1. The summed E-state index contributed by atoms with van der Waals surface area (Å²) in [6, 6.07) is 15.6. The fourth-order valence-electron chi connectivity index (χ4n) is 3.14. The fourth-order valence-corrected chi connectivity index (χ4v) is 3.53. The second kappa shape index (κ2) is 7.08. The third-order valence-electron chi connectivity index (χ3n) is 4.38. The molecule has 7 heteroatoms. The monoisotopic (exact) mass is 426 g/mol. The molecule has 4 rings (SSSR count). The molecule has 0 spiro atoms. The summed E-state index contributed by atoms with van der Waals surface area (Å²) in [4.78, 5) is 13.0. The Labute approximate surface area is 164 Å². The summed E-state index contributed by atoms with van der Waals surface area (Å²) in [5.41, 5.74) is 3.18. The summed E-state index contributed by atoms with van der Waals surface area (Å²) >= 11 is 3.37. The lowest BCUT2D eigenvalue weighted by Gasteiger charge is -2.13. The molecule has 6 nitrogen and oxygen atoms in total. The number of anilines is 1. The van der Waals surface area contributed by atoms with Crippen molar-refractivity contribution in [3.63, 3.8) is 0 Å². The van der Waals surface area contributed by atoms with Gasteiger partial charge >= 0.3 is 0 Å². The van der Waals surface area contributed by atoms with E-state index in [0.29, 0.717) is 28.3 Å². The summed E-state index contributed by atoms with van der Waals surface area (Å²) in [6.07, 6.45) is 1.68. The molecule has 0 saturated carbocycles. The van der Waals surface area contributed by atoms with Crippen LogP contribution in [0.25, 0.3) is 11.1 Å². The number of carbonyl (C=O) groups excluding carboxylic acids is 1. The Morgan fingerprint density at radius 1 is 1.22 bits per heavy atom. The predicted molar refractivity (Wildman–Crippen MR) is 108 cm³/mol. The van der Waals surface area contributed by atoms with Crippen LogP contribution in [0.3, 0.4) is 0 Å². The van der Waals surface area contributed by atoms with Crippen molar-refractivity contribution >= 4 is 38.8 Å². The minimum absolute atomic E-state index is 0.152. The van der Waals surface area contributed by atoms with Gasteiger partial charge in [-0.15, -0.1) is 0 Å². The summed E-state index contributed by atoms with van der Waals surface area (Å²) < 4.78 is 10.1. The van der Waals surface area contributed by atoms with Crippen LogP contribution in [0.2, 0.25) is 0 Å². The maximum atomic E-state index is 13.0. The van der Waals surface area contributed by atoms with E-state index in [1.54, 1.807) is 23.0 Å². The van der Waals surface area contributed by atoms with E-state index in [1.807, 2.05) is 54.8 Å². The average Bonchev–Trinajstić information content (AvgIpc) is 3.32. The zero-order valence-electron chi connectivity index (χ0n) is 15.0. The van der Waals surface area contributed by atoms with E-state index in [1.165, 1.54) is 0 Å². The van der Waals surface area contributed by atoms with Gasteiger partial charge in [-0.3, -0.25) is 4.79 Å². The van der Waals surface area contributed by atoms with Gasteiger partial charge in [0.15, 0.2) is 10.3 Å². The van der Waals surface area contributed by atoms with E-state index in [2.05, 4.69) is 26.3 Å². The number of rotatable bonds is 5. The second-order valence-corrected chi connectivity index (χ2v) is 7.39. The quantitative estimate of drug-likeness (QED) is 0.484. The van der Waals surface area contributed by atoms with Gasteiger partial charge in [-0.05, 0) is 35.3 Å². The van der Waals surface area contributed by atoms with Crippen molar-refractivity contribution in [1.29, 1.82) is 0 Å². The van der Waals surface area contributed by atoms with Gasteiger partial charge in [0.1, 0.15) is 11.5 Å². The minimum Gasteiger partial charge on any atom is -0.448 e. The minimum atomic E-state index is -0.198. The summed E-state index contributed by atoms with van der Waals surface area (Å²) in [6.45, 7) is 4.61. The first-order valence-electron chi connectivity index (χ1n) is 8.70. The molecule has 0 atom stereocenters. The van der Waals surface area contributed by atoms with Gasteiger partial charge in [-0.1, -0.05) is 30.3 Å². The largest absolute Gasteiger partial charge is 0.448 e. The first-order chi connectivity index (χ1) is 13.0. The van der Waals surface area contributed by atoms with Crippen LogP contribution in [0.4, 0.5) is 5.82 Å². The molecule has 0 unspecified atom stereocenters. The van der Waals surface area contributed by atoms with Gasteiger partial charge in [-0.25, -0.2) is 4.68 Å². The number of hydrogen-bond donors (Lipinski definition) is 1. The van der Waals surface area contributed by atoms with Crippen molar-refractivity contribution in [2.45, 2.75) is 26.4 Å². The Kier molecular flexibility index (Phi) is 4.61. The molecule has 27 heavy (non-hydrogen) atoms. The summed E-state index contributed by atoms with van der Waals surface area (Å²) in [7, 11) is 0. The third-order valence-corrected chi connectivity index (χ3v) is 4.77. The first-order valence-corrected chi connectivity index (χ1v) is 9.49. The van der Waals surface area contributed by atoms with Crippen molar-refractivity contribution in [3.8, 4) is 0 Å². The molecule has 0 saturated heterocycles. The fraction of sp³-hybridized carbons (Fsp3) is 0.200. The van der Waals surface area contributed by atoms with Crippen molar-refractivity contribution < 1.29 is 9.21 Å². The second-order valence-electron chi connectivity index (χ2n) is 6.61. The van der Waals surface area contributed by atoms with E-state index in [0.717, 1.165) is 11.1 Å². The number of hydrogen-bond acceptors (Lipinski definition) is 3. The molecule has 3 heterocycles. The highest BCUT2D eigenvalue weighted by atomic mass is 79.9. The van der Waals surface area contributed by atoms with Gasteiger partial charge < -0.3 is 14.3 Å². The van der Waals surface area contributed by atoms with Gasteiger partial charge in [0.05, 0.1) is 11.7 Å². The number of aromatic nitrogens is 3. The number of amides is 1. The highest BCUT2D eigenvalue weighted by Crippen LogP contribution is 2.28. The van der Waals surface area contributed by atoms with E-state index in [-0.39, 0.29) is 11.9 Å². The molecule has 4 aromatic rings.